The third-order valence-corrected chi connectivity index (χ3v) is 3.09. The number of likely N-dealkylation sites (tertiary alicyclic amines) is 1. The van der Waals surface area contributed by atoms with Crippen LogP contribution in [0, 0.1) is 11.8 Å². The number of nitrogens with zero attached hydrogens (tertiary/aromatic N) is 1. The van der Waals surface area contributed by atoms with E-state index < -0.39 is 17.8 Å². The predicted molar refractivity (Wildman–Crippen MR) is 62.7 cm³/mol. The number of esters is 1. The van der Waals surface area contributed by atoms with Crippen molar-refractivity contribution in [2.24, 2.45) is 11.8 Å². The molecule has 6 nitrogen and oxygen atoms in total. The first-order valence-corrected chi connectivity index (χ1v) is 6.15. The maximum Gasteiger partial charge on any atom is 0.315 e. The molecule has 6 heteroatoms. The number of ether oxygens (including phenoxy) is 1. The van der Waals surface area contributed by atoms with Crippen molar-refractivity contribution in [2.75, 3.05) is 19.7 Å². The van der Waals surface area contributed by atoms with Gasteiger partial charge in [0.15, 0.2) is 0 Å². The molecule has 0 radical (unpaired) electrons. The summed E-state index contributed by atoms with van der Waals surface area (Å²) >= 11 is 0. The number of carbonyl (C=O) groups excluding carboxylic acids is 2. The molecule has 0 aromatic carbocycles. The van der Waals surface area contributed by atoms with Crippen LogP contribution in [0.15, 0.2) is 0 Å². The van der Waals surface area contributed by atoms with E-state index in [0.29, 0.717) is 26.0 Å². The van der Waals surface area contributed by atoms with Crippen molar-refractivity contribution < 1.29 is 24.2 Å². The lowest BCUT2D eigenvalue weighted by atomic mass is 9.97. The van der Waals surface area contributed by atoms with E-state index in [9.17, 15) is 14.4 Å². The predicted octanol–water partition coefficient (Wildman–Crippen LogP) is 0.509. The molecule has 1 rings (SSSR count). The van der Waals surface area contributed by atoms with E-state index in [1.54, 1.807) is 6.92 Å². The van der Waals surface area contributed by atoms with E-state index in [1.165, 1.54) is 11.8 Å². The van der Waals surface area contributed by atoms with E-state index in [2.05, 4.69) is 0 Å². The normalized spacial score (nSPS) is 21.2. The number of amides is 1. The lowest BCUT2D eigenvalue weighted by molar-refractivity contribution is -0.154. The molecule has 1 fully saturated rings. The highest BCUT2D eigenvalue weighted by Gasteiger charge is 2.33. The van der Waals surface area contributed by atoms with Crippen molar-refractivity contribution in [3.8, 4) is 0 Å². The van der Waals surface area contributed by atoms with Gasteiger partial charge in [-0.25, -0.2) is 0 Å². The minimum atomic E-state index is -1.14. The van der Waals surface area contributed by atoms with Crippen molar-refractivity contribution in [1.82, 2.24) is 4.90 Å². The van der Waals surface area contributed by atoms with Gasteiger partial charge in [-0.3, -0.25) is 14.4 Å². The highest BCUT2D eigenvalue weighted by molar-refractivity contribution is 5.96. The van der Waals surface area contributed by atoms with Crippen molar-refractivity contribution in [1.29, 1.82) is 0 Å². The van der Waals surface area contributed by atoms with Crippen LogP contribution in [0.2, 0.25) is 0 Å². The molecule has 1 saturated heterocycles. The molecule has 1 amide bonds. The van der Waals surface area contributed by atoms with Crippen LogP contribution in [0.1, 0.15) is 26.7 Å². The first-order valence-electron chi connectivity index (χ1n) is 6.15. The zero-order valence-corrected chi connectivity index (χ0v) is 10.7. The topological polar surface area (TPSA) is 83.9 Å². The lowest BCUT2D eigenvalue weighted by Gasteiger charge is -2.32. The molecule has 0 aromatic heterocycles. The van der Waals surface area contributed by atoms with Crippen LogP contribution < -0.4 is 0 Å². The van der Waals surface area contributed by atoms with E-state index in [0.717, 1.165) is 0 Å². The standard InChI is InChI=1S/C12H19NO5/c1-3-18-12(17)9-5-4-6-13(7-9)10(14)8(2)11(15)16/h8-9H,3-7H2,1-2H3,(H,15,16). The molecule has 0 bridgehead atoms. The van der Waals surface area contributed by atoms with Gasteiger partial charge in [-0.1, -0.05) is 0 Å². The maximum absolute atomic E-state index is 11.9. The van der Waals surface area contributed by atoms with Gasteiger partial charge in [0.2, 0.25) is 5.91 Å². The van der Waals surface area contributed by atoms with Crippen LogP contribution in [-0.4, -0.2) is 47.5 Å². The Morgan fingerprint density at radius 2 is 2.11 bits per heavy atom. The fourth-order valence-electron chi connectivity index (χ4n) is 2.01. The van der Waals surface area contributed by atoms with Crippen molar-refractivity contribution in [3.05, 3.63) is 0 Å². The summed E-state index contributed by atoms with van der Waals surface area (Å²) in [6, 6.07) is 0. The third-order valence-electron chi connectivity index (χ3n) is 3.09. The van der Waals surface area contributed by atoms with Gasteiger partial charge in [0.1, 0.15) is 5.92 Å². The quantitative estimate of drug-likeness (QED) is 0.586. The number of carboxylic acids is 1. The summed E-state index contributed by atoms with van der Waals surface area (Å²) in [6.07, 6.45) is 1.38. The second-order valence-electron chi connectivity index (χ2n) is 4.44. The molecular formula is C12H19NO5. The lowest BCUT2D eigenvalue weighted by Crippen LogP contribution is -2.46. The first-order chi connectivity index (χ1) is 8.47. The smallest absolute Gasteiger partial charge is 0.315 e. The molecule has 0 aliphatic carbocycles. The van der Waals surface area contributed by atoms with Gasteiger partial charge in [0.05, 0.1) is 12.5 Å². The first kappa shape index (κ1) is 14.5. The molecule has 1 aliphatic heterocycles. The highest BCUT2D eigenvalue weighted by atomic mass is 16.5. The monoisotopic (exact) mass is 257 g/mol. The van der Waals surface area contributed by atoms with E-state index in [-0.39, 0.29) is 18.4 Å². The number of hydrogen-bond donors (Lipinski definition) is 1. The zero-order valence-electron chi connectivity index (χ0n) is 10.7. The minimum Gasteiger partial charge on any atom is -0.481 e. The Bertz CT molecular complexity index is 341. The number of hydrogen-bond acceptors (Lipinski definition) is 4. The Hall–Kier alpha value is -1.59. The Labute approximate surface area is 106 Å². The summed E-state index contributed by atoms with van der Waals surface area (Å²) in [5.41, 5.74) is 0. The average Bonchev–Trinajstić information content (AvgIpc) is 2.37. The van der Waals surface area contributed by atoms with E-state index >= 15 is 0 Å². The van der Waals surface area contributed by atoms with Crippen molar-refractivity contribution in [2.45, 2.75) is 26.7 Å². The summed E-state index contributed by atoms with van der Waals surface area (Å²) in [4.78, 5) is 35.7. The number of carbonyl (C=O) groups is 3. The maximum atomic E-state index is 11.9. The van der Waals surface area contributed by atoms with Gasteiger partial charge in [-0.05, 0) is 26.7 Å². The van der Waals surface area contributed by atoms with Crippen molar-refractivity contribution in [3.63, 3.8) is 0 Å². The SMILES string of the molecule is CCOC(=O)C1CCCN(C(=O)C(C)C(=O)O)C1. The minimum absolute atomic E-state index is 0.259. The molecule has 0 aromatic rings. The second-order valence-corrected chi connectivity index (χ2v) is 4.44. The summed E-state index contributed by atoms with van der Waals surface area (Å²) < 4.78 is 4.92. The van der Waals surface area contributed by atoms with Gasteiger partial charge in [0, 0.05) is 13.1 Å². The number of piperidine rings is 1. The number of carboxylic acid groups (broad SMARTS) is 1. The van der Waals surface area contributed by atoms with Gasteiger partial charge >= 0.3 is 11.9 Å². The average molecular weight is 257 g/mol. The molecule has 1 aliphatic rings. The van der Waals surface area contributed by atoms with Crippen LogP contribution in [0.3, 0.4) is 0 Å². The van der Waals surface area contributed by atoms with E-state index in [4.69, 9.17) is 9.84 Å². The molecular weight excluding hydrogens is 238 g/mol. The summed E-state index contributed by atoms with van der Waals surface area (Å²) in [7, 11) is 0. The van der Waals surface area contributed by atoms with Crippen LogP contribution in [-0.2, 0) is 19.1 Å². The fourth-order valence-corrected chi connectivity index (χ4v) is 2.01. The summed E-state index contributed by atoms with van der Waals surface area (Å²) in [5.74, 6) is -3.28. The van der Waals surface area contributed by atoms with Crippen LogP contribution in [0.5, 0.6) is 0 Å². The zero-order chi connectivity index (χ0) is 13.7. The van der Waals surface area contributed by atoms with Crippen LogP contribution in [0.4, 0.5) is 0 Å². The third kappa shape index (κ3) is 3.45. The molecule has 102 valence electrons. The second kappa shape index (κ2) is 6.37. The molecule has 2 unspecified atom stereocenters. The van der Waals surface area contributed by atoms with Crippen LogP contribution in [0.25, 0.3) is 0 Å². The van der Waals surface area contributed by atoms with Gasteiger partial charge in [-0.2, -0.15) is 0 Å². The molecule has 2 atom stereocenters. The molecule has 0 saturated carbocycles. The summed E-state index contributed by atoms with van der Waals surface area (Å²) in [6.45, 7) is 4.17. The molecule has 0 spiro atoms. The fraction of sp³-hybridized carbons (Fsp3) is 0.750. The number of rotatable bonds is 4. The summed E-state index contributed by atoms with van der Waals surface area (Å²) in [5, 5.41) is 8.80. The number of aliphatic carboxylic acids is 1. The highest BCUT2D eigenvalue weighted by Crippen LogP contribution is 2.19. The Morgan fingerprint density at radius 1 is 1.44 bits per heavy atom. The largest absolute Gasteiger partial charge is 0.481 e. The van der Waals surface area contributed by atoms with E-state index in [1.807, 2.05) is 0 Å². The molecule has 18 heavy (non-hydrogen) atoms. The van der Waals surface area contributed by atoms with Crippen molar-refractivity contribution >= 4 is 17.8 Å². The Kier molecular flexibility index (Phi) is 5.12. The van der Waals surface area contributed by atoms with Gasteiger partial charge in [0.25, 0.3) is 0 Å². The Balaban J connectivity index is 2.61. The molecule has 1 heterocycles. The Morgan fingerprint density at radius 3 is 2.67 bits per heavy atom. The van der Waals surface area contributed by atoms with Crippen LogP contribution >= 0.6 is 0 Å². The molecule has 1 N–H and O–H groups in total. The van der Waals surface area contributed by atoms with Gasteiger partial charge in [-0.15, -0.1) is 0 Å². The van der Waals surface area contributed by atoms with Gasteiger partial charge < -0.3 is 14.7 Å².